The van der Waals surface area contributed by atoms with E-state index in [4.69, 9.17) is 29.9 Å². The van der Waals surface area contributed by atoms with E-state index in [9.17, 15) is 59.4 Å². The summed E-state index contributed by atoms with van der Waals surface area (Å²) in [4.78, 5) is 120. The number of nitrogens with zero attached hydrogens (tertiary/aromatic N) is 6. The van der Waals surface area contributed by atoms with Crippen LogP contribution in [0.4, 0.5) is 0 Å². The Balaban J connectivity index is 0.000000192. The second kappa shape index (κ2) is 44.3. The van der Waals surface area contributed by atoms with Gasteiger partial charge in [-0.2, -0.15) is 0 Å². The van der Waals surface area contributed by atoms with Gasteiger partial charge in [-0.1, -0.05) is 134 Å². The van der Waals surface area contributed by atoms with Crippen molar-refractivity contribution in [1.82, 2.24) is 59.8 Å². The maximum atomic E-state index is 11.5. The quantitative estimate of drug-likeness (QED) is 0.0206. The van der Waals surface area contributed by atoms with E-state index in [0.29, 0.717) is 66.7 Å². The third kappa shape index (κ3) is 22.1. The van der Waals surface area contributed by atoms with Crippen LogP contribution in [0.2, 0.25) is 0 Å². The van der Waals surface area contributed by atoms with Crippen LogP contribution in [0.1, 0.15) is 249 Å². The van der Waals surface area contributed by atoms with E-state index in [1.807, 2.05) is 117 Å². The first-order chi connectivity index (χ1) is 62.8. The van der Waals surface area contributed by atoms with Crippen LogP contribution >= 0.6 is 95.6 Å². The van der Waals surface area contributed by atoms with E-state index < -0.39 is 35.8 Å². The van der Waals surface area contributed by atoms with Gasteiger partial charge in [0.2, 0.25) is 0 Å². The van der Waals surface area contributed by atoms with Gasteiger partial charge in [0.25, 0.3) is 0 Å². The minimum absolute atomic E-state index is 0. The molecule has 3 atom stereocenters. The maximum absolute atomic E-state index is 11.5. The standard InChI is InChI=1S/3C34H34Br2N4O4.2Fe/c3*1-6-20-16(2)26-13-31-34(23(36)15-35)19(5)27(40-31)11-24-17(3)21(7-9-32(41)42)29(38-24)14-30-22(8-10-33(43)44)18(4)25(39-30)12-28(20)37-26;;/h3*6,11-14,23,39-40H,1,7-10,15H2,2-5H3,(H,41,42)(H,43,44);;/q;;;2*+3/p-6. The monoisotopic (exact) mass is 2270 g/mol. The van der Waals surface area contributed by atoms with E-state index >= 15 is 0 Å². The third-order valence-corrected chi connectivity index (χ3v) is 32.2. The van der Waals surface area contributed by atoms with Crippen molar-refractivity contribution in [3.8, 4) is 0 Å². The zero-order valence-electron chi connectivity index (χ0n) is 75.7. The molecule has 24 bridgehead atoms. The van der Waals surface area contributed by atoms with Crippen molar-refractivity contribution in [2.45, 2.75) is 175 Å². The summed E-state index contributed by atoms with van der Waals surface area (Å²) in [7, 11) is 0. The predicted molar refractivity (Wildman–Crippen MR) is 536 cm³/mol. The van der Waals surface area contributed by atoms with Gasteiger partial charge in [0.15, 0.2) is 0 Å². The van der Waals surface area contributed by atoms with Crippen molar-refractivity contribution in [2.24, 2.45) is 0 Å². The number of H-pyrrole nitrogens is 6. The molecule has 2 radical (unpaired) electrons. The number of aromatic amines is 6. The van der Waals surface area contributed by atoms with Gasteiger partial charge in [-0.3, -0.25) is 0 Å². The summed E-state index contributed by atoms with van der Waals surface area (Å²) in [5, 5.41) is 70.8. The number of hydrogen-bond donors (Lipinski definition) is 6. The minimum Gasteiger partial charge on any atom is -0.550 e. The summed E-state index contributed by atoms with van der Waals surface area (Å²) in [5.74, 6) is -6.83. The molecular formula is C102H96Br6Fe2N12O12. The Morgan fingerprint density at radius 1 is 0.276 bits per heavy atom. The minimum atomic E-state index is -1.14. The smallest absolute Gasteiger partial charge is 0.550 e. The second-order valence-electron chi connectivity index (χ2n) is 33.3. The van der Waals surface area contributed by atoms with Gasteiger partial charge in [0, 0.05) is 135 Å². The number of allylic oxidation sites excluding steroid dienone is 15. The number of aryl methyl sites for hydroxylation is 9. The van der Waals surface area contributed by atoms with E-state index in [-0.39, 0.29) is 126 Å². The van der Waals surface area contributed by atoms with Crippen LogP contribution in [0.25, 0.3) is 133 Å². The van der Waals surface area contributed by atoms with Crippen molar-refractivity contribution in [3.63, 3.8) is 0 Å². The number of fused-ring (bicyclic) bond motifs is 24. The molecule has 0 saturated carbocycles. The zero-order chi connectivity index (χ0) is 95.6. The van der Waals surface area contributed by atoms with Crippen LogP contribution in [0, 0.1) is 41.5 Å². The molecule has 0 spiro atoms. The Morgan fingerprint density at radius 2 is 0.455 bits per heavy atom. The molecule has 0 aromatic carbocycles. The Bertz CT molecular complexity index is 6520. The van der Waals surface area contributed by atoms with Gasteiger partial charge in [0.05, 0.1) is 82.8 Å². The van der Waals surface area contributed by atoms with Crippen molar-refractivity contribution < 1.29 is 93.5 Å². The molecule has 3 unspecified atom stereocenters. The summed E-state index contributed by atoms with van der Waals surface area (Å²) < 4.78 is 0. The second-order valence-corrected chi connectivity index (χ2v) is 38.6. The summed E-state index contributed by atoms with van der Waals surface area (Å²) in [6.07, 6.45) is 6.03. The first-order valence-electron chi connectivity index (χ1n) is 42.9. The molecular weight excluding hydrogens is 2180 g/mol. The first-order valence-corrected chi connectivity index (χ1v) is 49.1. The summed E-state index contributed by atoms with van der Waals surface area (Å²) in [5.41, 5.74) is 40.9. The van der Waals surface area contributed by atoms with Crippen molar-refractivity contribution in [1.29, 1.82) is 0 Å². The SMILES string of the molecule is C=CC1=C(C)c2cc3[nH]c(cc4nc(cc5[nH]c(cc1n2)c(C)c5CCC(=O)[O-])C(CCC(=O)[O-])=C4C)c(C)c3C(Br)CBr.C=CC1=C(C)c2cc3[nH]c(cc4nc(cc5[nH]c(cc1n2)c(C)c5CCC(=O)[O-])C(CCC(=O)[O-])=C4C)c(C)c3C(Br)CBr.C=CC1=C(C)c2cc3[nH]c(cc4nc(cc5[nH]c(cc1n2)c(C)c5CCC(=O)[O-])C(CCC(=O)[O-])=C4C)c(C)c3C(Br)CBr.[Fe+3].[Fe+3]. The molecule has 15 heterocycles. The number of halogens is 6. The van der Waals surface area contributed by atoms with Gasteiger partial charge < -0.3 is 89.3 Å². The number of carbonyl (C=O) groups is 6. The molecule has 0 fully saturated rings. The van der Waals surface area contributed by atoms with Crippen molar-refractivity contribution in [2.75, 3.05) is 16.0 Å². The molecule has 6 aliphatic rings. The van der Waals surface area contributed by atoms with Gasteiger partial charge >= 0.3 is 34.1 Å². The Morgan fingerprint density at radius 3 is 0.672 bits per heavy atom. The largest absolute Gasteiger partial charge is 3.00 e. The molecule has 15 rings (SSSR count). The Hall–Kier alpha value is -10.2. The van der Waals surface area contributed by atoms with Gasteiger partial charge in [-0.15, -0.1) is 0 Å². The first kappa shape index (κ1) is 104. The molecule has 32 heteroatoms. The molecule has 0 amide bonds. The topological polar surface area (TPSA) is 413 Å². The van der Waals surface area contributed by atoms with Crippen LogP contribution in [-0.2, 0) is 82.2 Å². The summed E-state index contributed by atoms with van der Waals surface area (Å²) in [6.45, 7) is 36.1. The number of rotatable bonds is 27. The number of hydrogen-bond acceptors (Lipinski definition) is 18. The average molecular weight is 2270 g/mol. The molecule has 6 aliphatic heterocycles. The van der Waals surface area contributed by atoms with E-state index in [1.165, 1.54) is 0 Å². The number of carboxylic acid groups (broad SMARTS) is 6. The van der Waals surface area contributed by atoms with Crippen LogP contribution in [0.3, 0.4) is 0 Å². The van der Waals surface area contributed by atoms with Crippen molar-refractivity contribution >= 4 is 264 Å². The summed E-state index contributed by atoms with van der Waals surface area (Å²) >= 11 is 22.3. The molecule has 9 aromatic heterocycles. The van der Waals surface area contributed by atoms with Gasteiger partial charge in [0.1, 0.15) is 0 Å². The molecule has 9 aromatic rings. The zero-order valence-corrected chi connectivity index (χ0v) is 87.4. The van der Waals surface area contributed by atoms with E-state index in [1.54, 1.807) is 18.2 Å². The van der Waals surface area contributed by atoms with Crippen LogP contribution in [0.15, 0.2) is 111 Å². The normalized spacial score (nSPS) is 13.7. The number of alkyl halides is 6. The number of carboxylic acids is 6. The summed E-state index contributed by atoms with van der Waals surface area (Å²) in [6, 6.07) is 23.7. The molecule has 24 nitrogen and oxygen atoms in total. The fraction of sp³-hybridized carbons (Fsp3) is 0.294. The van der Waals surface area contributed by atoms with Crippen molar-refractivity contribution in [3.05, 3.63) is 246 Å². The van der Waals surface area contributed by atoms with Crippen LogP contribution in [0.5, 0.6) is 0 Å². The number of carbonyl (C=O) groups excluding carboxylic acids is 6. The van der Waals surface area contributed by atoms with E-state index in [2.05, 4.69) is 184 Å². The van der Waals surface area contributed by atoms with Crippen LogP contribution < -0.4 is 30.6 Å². The number of nitrogens with one attached hydrogen (secondary N) is 6. The fourth-order valence-electron chi connectivity index (χ4n) is 17.9. The molecule has 694 valence electrons. The molecule has 0 saturated heterocycles. The Labute approximate surface area is 846 Å². The number of aromatic nitrogens is 12. The predicted octanol–water partition coefficient (Wildman–Crippen LogP) is 18.1. The molecule has 134 heavy (non-hydrogen) atoms. The fourth-order valence-corrected chi connectivity index (χ4v) is 20.7. The third-order valence-electron chi connectivity index (χ3n) is 25.3. The van der Waals surface area contributed by atoms with Crippen LogP contribution in [-0.4, -0.2) is 112 Å². The number of aliphatic carboxylic acids is 6. The van der Waals surface area contributed by atoms with E-state index in [0.717, 1.165) is 217 Å². The Kier molecular flexibility index (Phi) is 34.4. The molecule has 6 N–H and O–H groups in total. The van der Waals surface area contributed by atoms with Gasteiger partial charge in [-0.05, 0) is 350 Å². The maximum Gasteiger partial charge on any atom is 3.00 e. The average Bonchev–Trinajstić information content (AvgIpc) is 1.62. The van der Waals surface area contributed by atoms with Gasteiger partial charge in [-0.25, -0.2) is 29.9 Å². The molecule has 0 aliphatic carbocycles.